The Bertz CT molecular complexity index is 262. The molecule has 0 amide bonds. The van der Waals surface area contributed by atoms with E-state index >= 15 is 0 Å². The predicted molar refractivity (Wildman–Crippen MR) is 36.1 cm³/mol. The Labute approximate surface area is 59.9 Å². The summed E-state index contributed by atoms with van der Waals surface area (Å²) in [4.78, 5) is 7.45. The largest absolute Gasteiger partial charge is 0.240 e. The summed E-state index contributed by atoms with van der Waals surface area (Å²) in [5.41, 5.74) is 0. The fourth-order valence-electron chi connectivity index (χ4n) is 0.527. The van der Waals surface area contributed by atoms with E-state index in [-0.39, 0.29) is 5.75 Å². The Balaban J connectivity index is 2.77. The summed E-state index contributed by atoms with van der Waals surface area (Å²) < 4.78 is 20.3. The molecule has 10 heavy (non-hydrogen) atoms. The number of nitrogens with zero attached hydrogens (tertiary/aromatic N) is 2. The van der Waals surface area contributed by atoms with E-state index in [1.165, 1.54) is 12.4 Å². The Hall–Kier alpha value is -0.970. The van der Waals surface area contributed by atoms with Crippen LogP contribution in [0.5, 0.6) is 0 Å². The molecule has 1 heterocycles. The van der Waals surface area contributed by atoms with Crippen molar-refractivity contribution in [1.82, 2.24) is 9.97 Å². The van der Waals surface area contributed by atoms with Crippen LogP contribution in [0.1, 0.15) is 5.82 Å². The molecule has 54 valence electrons. The number of rotatable bonds is 2. The van der Waals surface area contributed by atoms with Crippen LogP contribution in [0.15, 0.2) is 18.5 Å². The fraction of sp³-hybridized carbons (Fsp3) is 0.200. The summed E-state index contributed by atoms with van der Waals surface area (Å²) in [6.45, 7) is 0. The van der Waals surface area contributed by atoms with Crippen molar-refractivity contribution in [2.24, 2.45) is 0 Å². The van der Waals surface area contributed by atoms with Gasteiger partial charge in [-0.25, -0.2) is 18.4 Å². The molecular weight excluding hydrogens is 152 g/mol. The SMILES string of the molecule is O=[SH](=O)Cc1ncccn1. The second-order valence-corrected chi connectivity index (χ2v) is 2.64. The Morgan fingerprint density at radius 2 is 1.90 bits per heavy atom. The monoisotopic (exact) mass is 158 g/mol. The first-order chi connectivity index (χ1) is 4.79. The van der Waals surface area contributed by atoms with E-state index < -0.39 is 10.7 Å². The predicted octanol–water partition coefficient (Wildman–Crippen LogP) is -0.412. The molecule has 5 heteroatoms. The fourth-order valence-corrected chi connectivity index (χ4v) is 0.921. The van der Waals surface area contributed by atoms with Gasteiger partial charge in [-0.2, -0.15) is 0 Å². The molecule has 4 nitrogen and oxygen atoms in total. The van der Waals surface area contributed by atoms with E-state index in [0.29, 0.717) is 5.82 Å². The third-order valence-corrected chi connectivity index (χ3v) is 1.43. The molecular formula is C5H6N2O2S. The summed E-state index contributed by atoms with van der Waals surface area (Å²) in [5, 5.41) is 0. The lowest BCUT2D eigenvalue weighted by Gasteiger charge is -1.88. The van der Waals surface area contributed by atoms with Gasteiger partial charge in [0.2, 0.25) is 0 Å². The van der Waals surface area contributed by atoms with Gasteiger partial charge in [0, 0.05) is 12.4 Å². The van der Waals surface area contributed by atoms with Gasteiger partial charge in [0.25, 0.3) is 0 Å². The van der Waals surface area contributed by atoms with E-state index in [9.17, 15) is 8.42 Å². The van der Waals surface area contributed by atoms with Crippen molar-refractivity contribution in [2.75, 3.05) is 0 Å². The second kappa shape index (κ2) is 3.26. The Morgan fingerprint density at radius 3 is 2.40 bits per heavy atom. The molecule has 1 aromatic rings. The first-order valence-electron chi connectivity index (χ1n) is 2.67. The topological polar surface area (TPSA) is 59.9 Å². The Morgan fingerprint density at radius 1 is 1.30 bits per heavy atom. The van der Waals surface area contributed by atoms with Gasteiger partial charge in [-0.3, -0.25) is 0 Å². The molecule has 0 atom stereocenters. The maximum atomic E-state index is 10.1. The number of hydrogen-bond donors (Lipinski definition) is 1. The summed E-state index contributed by atoms with van der Waals surface area (Å²) in [7, 11) is -2.40. The zero-order valence-electron chi connectivity index (χ0n) is 5.10. The van der Waals surface area contributed by atoms with Crippen molar-refractivity contribution >= 4 is 10.7 Å². The molecule has 0 aliphatic carbocycles. The van der Waals surface area contributed by atoms with Crippen LogP contribution in [0.3, 0.4) is 0 Å². The van der Waals surface area contributed by atoms with Crippen LogP contribution in [-0.4, -0.2) is 18.4 Å². The zero-order valence-corrected chi connectivity index (χ0v) is 5.99. The summed E-state index contributed by atoms with van der Waals surface area (Å²) >= 11 is 0. The molecule has 0 fully saturated rings. The van der Waals surface area contributed by atoms with E-state index in [0.717, 1.165) is 0 Å². The molecule has 0 spiro atoms. The highest BCUT2D eigenvalue weighted by Crippen LogP contribution is 1.87. The lowest BCUT2D eigenvalue weighted by Crippen LogP contribution is -1.93. The average Bonchev–Trinajstić information content (AvgIpc) is 1.88. The van der Waals surface area contributed by atoms with Crippen LogP contribution in [0.4, 0.5) is 0 Å². The highest BCUT2D eigenvalue weighted by Gasteiger charge is 1.93. The molecule has 0 aliphatic rings. The smallest absolute Gasteiger partial charge is 0.147 e. The summed E-state index contributed by atoms with van der Waals surface area (Å²) in [6, 6.07) is 1.64. The maximum Gasteiger partial charge on any atom is 0.147 e. The van der Waals surface area contributed by atoms with E-state index in [4.69, 9.17) is 0 Å². The van der Waals surface area contributed by atoms with E-state index in [1.54, 1.807) is 6.07 Å². The number of aromatic nitrogens is 2. The van der Waals surface area contributed by atoms with E-state index in [1.807, 2.05) is 0 Å². The molecule has 0 saturated heterocycles. The quantitative estimate of drug-likeness (QED) is 0.594. The first-order valence-corrected chi connectivity index (χ1v) is 4.03. The molecule has 0 aromatic carbocycles. The maximum absolute atomic E-state index is 10.1. The third kappa shape index (κ3) is 2.10. The molecule has 0 saturated carbocycles. The molecule has 0 N–H and O–H groups in total. The standard InChI is InChI=1S/C5H6N2O2S/c8-10(9)4-5-6-2-1-3-7-5/h1-3,10H,4H2. The molecule has 1 rings (SSSR count). The minimum Gasteiger partial charge on any atom is -0.240 e. The van der Waals surface area contributed by atoms with Gasteiger partial charge in [-0.15, -0.1) is 0 Å². The molecule has 0 aliphatic heterocycles. The van der Waals surface area contributed by atoms with Crippen molar-refractivity contribution in [2.45, 2.75) is 5.75 Å². The van der Waals surface area contributed by atoms with Gasteiger partial charge >= 0.3 is 0 Å². The highest BCUT2D eigenvalue weighted by atomic mass is 32.2. The average molecular weight is 158 g/mol. The number of thiol groups is 1. The van der Waals surface area contributed by atoms with Gasteiger partial charge in [-0.1, -0.05) is 0 Å². The second-order valence-electron chi connectivity index (χ2n) is 1.66. The van der Waals surface area contributed by atoms with Crippen molar-refractivity contribution in [1.29, 1.82) is 0 Å². The van der Waals surface area contributed by atoms with Gasteiger partial charge in [-0.05, 0) is 6.07 Å². The van der Waals surface area contributed by atoms with Crippen LogP contribution in [0.25, 0.3) is 0 Å². The van der Waals surface area contributed by atoms with Crippen LogP contribution in [-0.2, 0) is 16.5 Å². The molecule has 1 aromatic heterocycles. The van der Waals surface area contributed by atoms with Gasteiger partial charge < -0.3 is 0 Å². The van der Waals surface area contributed by atoms with Crippen LogP contribution < -0.4 is 0 Å². The van der Waals surface area contributed by atoms with Gasteiger partial charge in [0.15, 0.2) is 0 Å². The van der Waals surface area contributed by atoms with Crippen LogP contribution >= 0.6 is 0 Å². The van der Waals surface area contributed by atoms with E-state index in [2.05, 4.69) is 9.97 Å². The van der Waals surface area contributed by atoms with Crippen molar-refractivity contribution in [3.8, 4) is 0 Å². The van der Waals surface area contributed by atoms with Crippen molar-refractivity contribution in [3.63, 3.8) is 0 Å². The zero-order chi connectivity index (χ0) is 7.40. The molecule has 0 bridgehead atoms. The first kappa shape index (κ1) is 7.14. The minimum absolute atomic E-state index is 0.0732. The normalized spacial score (nSPS) is 10.1. The lowest BCUT2D eigenvalue weighted by molar-refractivity contribution is 0.612. The highest BCUT2D eigenvalue weighted by molar-refractivity contribution is 7.71. The minimum atomic E-state index is -2.40. The third-order valence-electron chi connectivity index (χ3n) is 0.890. The van der Waals surface area contributed by atoms with Crippen molar-refractivity contribution in [3.05, 3.63) is 24.3 Å². The summed E-state index contributed by atoms with van der Waals surface area (Å²) in [5.74, 6) is 0.273. The van der Waals surface area contributed by atoms with Crippen molar-refractivity contribution < 1.29 is 8.42 Å². The summed E-state index contributed by atoms with van der Waals surface area (Å²) in [6.07, 6.45) is 3.03. The van der Waals surface area contributed by atoms with Crippen LogP contribution in [0, 0.1) is 0 Å². The van der Waals surface area contributed by atoms with Gasteiger partial charge in [0.1, 0.15) is 22.3 Å². The molecule has 0 unspecified atom stereocenters. The van der Waals surface area contributed by atoms with Crippen LogP contribution in [0.2, 0.25) is 0 Å². The lowest BCUT2D eigenvalue weighted by atomic mass is 10.6. The Kier molecular flexibility index (Phi) is 2.33. The van der Waals surface area contributed by atoms with Gasteiger partial charge in [0.05, 0.1) is 0 Å². The number of hydrogen-bond acceptors (Lipinski definition) is 4. The molecule has 0 radical (unpaired) electrons.